The second kappa shape index (κ2) is 8.86. The standard InChI is InChI=1S/C23H21NO4/c1-16-12-13-20(15-21(16)28-22(24-27-3)23(25)26-2)19-11-7-10-18(14-19)17-8-5-4-6-9-17/h4-15H,1-3H3/b24-22+. The maximum atomic E-state index is 11.8. The summed E-state index contributed by atoms with van der Waals surface area (Å²) in [6.45, 7) is 1.89. The third-order valence-corrected chi connectivity index (χ3v) is 4.23. The van der Waals surface area contributed by atoms with Crippen LogP contribution in [0, 0.1) is 6.92 Å². The highest BCUT2D eigenvalue weighted by atomic mass is 16.6. The molecule has 0 unspecified atom stereocenters. The fourth-order valence-corrected chi connectivity index (χ4v) is 2.77. The van der Waals surface area contributed by atoms with Crippen molar-refractivity contribution in [2.24, 2.45) is 5.16 Å². The van der Waals surface area contributed by atoms with Crippen LogP contribution < -0.4 is 4.74 Å². The molecule has 0 saturated carbocycles. The van der Waals surface area contributed by atoms with Gasteiger partial charge in [-0.3, -0.25) is 0 Å². The molecule has 5 heteroatoms. The number of esters is 1. The van der Waals surface area contributed by atoms with E-state index in [0.717, 1.165) is 27.8 Å². The van der Waals surface area contributed by atoms with Crippen molar-refractivity contribution in [3.05, 3.63) is 78.4 Å². The van der Waals surface area contributed by atoms with Crippen molar-refractivity contribution in [3.63, 3.8) is 0 Å². The molecular formula is C23H21NO4. The molecule has 0 saturated heterocycles. The van der Waals surface area contributed by atoms with E-state index in [-0.39, 0.29) is 5.90 Å². The van der Waals surface area contributed by atoms with Crippen molar-refractivity contribution in [3.8, 4) is 28.0 Å². The van der Waals surface area contributed by atoms with Gasteiger partial charge in [0.05, 0.1) is 7.11 Å². The fourth-order valence-electron chi connectivity index (χ4n) is 2.77. The van der Waals surface area contributed by atoms with E-state index < -0.39 is 5.97 Å². The van der Waals surface area contributed by atoms with Gasteiger partial charge < -0.3 is 14.3 Å². The number of aryl methyl sites for hydroxylation is 1. The second-order valence-electron chi connectivity index (χ2n) is 6.10. The molecule has 3 aromatic carbocycles. The zero-order valence-electron chi connectivity index (χ0n) is 16.0. The number of hydrogen-bond acceptors (Lipinski definition) is 5. The van der Waals surface area contributed by atoms with Crippen molar-refractivity contribution in [2.45, 2.75) is 6.92 Å². The van der Waals surface area contributed by atoms with Crippen LogP contribution in [0.4, 0.5) is 0 Å². The highest BCUT2D eigenvalue weighted by Gasteiger charge is 2.17. The molecule has 0 aliphatic rings. The molecule has 0 bridgehead atoms. The number of ether oxygens (including phenoxy) is 2. The summed E-state index contributed by atoms with van der Waals surface area (Å²) in [6, 6.07) is 24.2. The van der Waals surface area contributed by atoms with Crippen LogP contribution in [-0.2, 0) is 14.4 Å². The lowest BCUT2D eigenvalue weighted by Crippen LogP contribution is -2.22. The molecule has 0 amide bonds. The topological polar surface area (TPSA) is 57.1 Å². The van der Waals surface area contributed by atoms with Gasteiger partial charge >= 0.3 is 11.9 Å². The molecule has 0 atom stereocenters. The Bertz CT molecular complexity index is 996. The second-order valence-corrected chi connectivity index (χ2v) is 6.10. The van der Waals surface area contributed by atoms with E-state index in [2.05, 4.69) is 39.0 Å². The minimum Gasteiger partial charge on any atom is -0.462 e. The summed E-state index contributed by atoms with van der Waals surface area (Å²) < 4.78 is 10.3. The first kappa shape index (κ1) is 19.2. The molecule has 142 valence electrons. The zero-order chi connectivity index (χ0) is 19.9. The number of rotatable bonds is 4. The van der Waals surface area contributed by atoms with Crippen LogP contribution >= 0.6 is 0 Å². The number of hydrogen-bond donors (Lipinski definition) is 0. The summed E-state index contributed by atoms with van der Waals surface area (Å²) in [4.78, 5) is 16.5. The van der Waals surface area contributed by atoms with E-state index in [9.17, 15) is 4.79 Å². The quantitative estimate of drug-likeness (QED) is 0.283. The molecule has 5 nitrogen and oxygen atoms in total. The summed E-state index contributed by atoms with van der Waals surface area (Å²) >= 11 is 0. The van der Waals surface area contributed by atoms with E-state index in [0.29, 0.717) is 5.75 Å². The summed E-state index contributed by atoms with van der Waals surface area (Å²) in [6.07, 6.45) is 0. The van der Waals surface area contributed by atoms with Gasteiger partial charge in [0.2, 0.25) is 0 Å². The molecule has 3 aromatic rings. The lowest BCUT2D eigenvalue weighted by molar-refractivity contribution is -0.134. The fraction of sp³-hybridized carbons (Fsp3) is 0.130. The molecule has 3 rings (SSSR count). The summed E-state index contributed by atoms with van der Waals surface area (Å²) in [5.74, 6) is -0.468. The molecule has 0 radical (unpaired) electrons. The molecule has 0 spiro atoms. The van der Waals surface area contributed by atoms with Crippen molar-refractivity contribution in [1.29, 1.82) is 0 Å². The molecule has 0 aromatic heterocycles. The average Bonchev–Trinajstić information content (AvgIpc) is 2.75. The van der Waals surface area contributed by atoms with Crippen LogP contribution in [0.5, 0.6) is 5.75 Å². The molecule has 28 heavy (non-hydrogen) atoms. The Morgan fingerprint density at radius 1 is 0.786 bits per heavy atom. The van der Waals surface area contributed by atoms with Gasteiger partial charge in [0.25, 0.3) is 0 Å². The van der Waals surface area contributed by atoms with Crippen LogP contribution in [0.25, 0.3) is 22.3 Å². The molecule has 0 aliphatic heterocycles. The minimum absolute atomic E-state index is 0.261. The van der Waals surface area contributed by atoms with Gasteiger partial charge in [0.15, 0.2) is 0 Å². The van der Waals surface area contributed by atoms with Gasteiger partial charge in [-0.05, 0) is 52.0 Å². The van der Waals surface area contributed by atoms with Crippen LogP contribution in [0.2, 0.25) is 0 Å². The minimum atomic E-state index is -0.710. The number of nitrogens with zero attached hydrogens (tertiary/aromatic N) is 1. The van der Waals surface area contributed by atoms with Gasteiger partial charge in [0.1, 0.15) is 12.9 Å². The number of methoxy groups -OCH3 is 1. The first-order chi connectivity index (χ1) is 13.6. The van der Waals surface area contributed by atoms with Gasteiger partial charge in [-0.15, -0.1) is 0 Å². The van der Waals surface area contributed by atoms with E-state index in [1.807, 2.05) is 55.5 Å². The maximum Gasteiger partial charge on any atom is 0.397 e. The predicted octanol–water partition coefficient (Wildman–Crippen LogP) is 4.84. The third-order valence-electron chi connectivity index (χ3n) is 4.23. The Balaban J connectivity index is 1.96. The predicted molar refractivity (Wildman–Crippen MR) is 109 cm³/mol. The van der Waals surface area contributed by atoms with E-state index in [4.69, 9.17) is 4.74 Å². The van der Waals surface area contributed by atoms with E-state index >= 15 is 0 Å². The first-order valence-electron chi connectivity index (χ1n) is 8.76. The highest BCUT2D eigenvalue weighted by Crippen LogP contribution is 2.30. The third kappa shape index (κ3) is 4.38. The Morgan fingerprint density at radius 3 is 2.11 bits per heavy atom. The van der Waals surface area contributed by atoms with Crippen LogP contribution in [0.15, 0.2) is 78.0 Å². The lowest BCUT2D eigenvalue weighted by atomic mass is 9.98. The van der Waals surface area contributed by atoms with E-state index in [1.54, 1.807) is 0 Å². The van der Waals surface area contributed by atoms with Crippen LogP contribution in [0.3, 0.4) is 0 Å². The van der Waals surface area contributed by atoms with Crippen molar-refractivity contribution >= 4 is 11.9 Å². The SMILES string of the molecule is CO/N=C(/Oc1cc(-c2cccc(-c3ccccc3)c2)ccc1C)C(=O)OC. The number of carbonyl (C=O) groups is 1. The average molecular weight is 375 g/mol. The van der Waals surface area contributed by atoms with Gasteiger partial charge in [-0.2, -0.15) is 0 Å². The van der Waals surface area contributed by atoms with E-state index in [1.165, 1.54) is 14.2 Å². The maximum absolute atomic E-state index is 11.8. The van der Waals surface area contributed by atoms with Gasteiger partial charge in [-0.1, -0.05) is 60.7 Å². The van der Waals surface area contributed by atoms with Crippen LogP contribution in [0.1, 0.15) is 5.56 Å². The smallest absolute Gasteiger partial charge is 0.397 e. The zero-order valence-corrected chi connectivity index (χ0v) is 16.0. The van der Waals surface area contributed by atoms with Crippen molar-refractivity contribution in [2.75, 3.05) is 14.2 Å². The highest BCUT2D eigenvalue weighted by molar-refractivity contribution is 6.33. The molecule has 0 N–H and O–H groups in total. The number of carbonyl (C=O) groups excluding carboxylic acids is 1. The number of benzene rings is 3. The van der Waals surface area contributed by atoms with Gasteiger partial charge in [-0.25, -0.2) is 4.79 Å². The molecule has 0 aliphatic carbocycles. The largest absolute Gasteiger partial charge is 0.462 e. The number of oxime groups is 1. The molecular weight excluding hydrogens is 354 g/mol. The summed E-state index contributed by atoms with van der Waals surface area (Å²) in [5.41, 5.74) is 5.12. The summed E-state index contributed by atoms with van der Waals surface area (Å²) in [5, 5.41) is 3.61. The Kier molecular flexibility index (Phi) is 6.07. The first-order valence-corrected chi connectivity index (χ1v) is 8.76. The molecule has 0 fully saturated rings. The van der Waals surface area contributed by atoms with Crippen LogP contribution in [-0.4, -0.2) is 26.1 Å². The Morgan fingerprint density at radius 2 is 1.43 bits per heavy atom. The monoisotopic (exact) mass is 375 g/mol. The molecule has 0 heterocycles. The van der Waals surface area contributed by atoms with Crippen molar-refractivity contribution < 1.29 is 19.1 Å². The summed E-state index contributed by atoms with van der Waals surface area (Å²) in [7, 11) is 2.60. The normalized spacial score (nSPS) is 11.0. The Labute approximate surface area is 164 Å². The van der Waals surface area contributed by atoms with Crippen molar-refractivity contribution in [1.82, 2.24) is 0 Å². The van der Waals surface area contributed by atoms with Gasteiger partial charge in [0, 0.05) is 0 Å². The Hall–Kier alpha value is -3.60. The lowest BCUT2D eigenvalue weighted by Gasteiger charge is -2.12.